The lowest BCUT2D eigenvalue weighted by Gasteiger charge is -2.09. The van der Waals surface area contributed by atoms with Gasteiger partial charge in [0.2, 0.25) is 5.95 Å². The van der Waals surface area contributed by atoms with E-state index in [9.17, 15) is 0 Å². The maximum atomic E-state index is 5.89. The van der Waals surface area contributed by atoms with Crippen molar-refractivity contribution in [1.82, 2.24) is 15.2 Å². The number of nitrogens with zero attached hydrogens (tertiary/aromatic N) is 3. The first-order chi connectivity index (χ1) is 11.7. The van der Waals surface area contributed by atoms with E-state index in [1.54, 1.807) is 6.20 Å². The average Bonchev–Trinajstić information content (AvgIpc) is 2.59. The highest BCUT2D eigenvalue weighted by atomic mass is 35.5. The van der Waals surface area contributed by atoms with Gasteiger partial charge in [0.15, 0.2) is 5.82 Å². The highest BCUT2D eigenvalue weighted by Gasteiger charge is 2.03. The molecular weight excluding hydrogens is 322 g/mol. The fraction of sp³-hybridized carbons (Fsp3) is 0.167. The Morgan fingerprint density at radius 3 is 2.62 bits per heavy atom. The van der Waals surface area contributed by atoms with Crippen LogP contribution in [0.1, 0.15) is 11.1 Å². The van der Waals surface area contributed by atoms with Crippen molar-refractivity contribution in [3.05, 3.63) is 70.9 Å². The molecular formula is C18H18ClN5. The molecule has 2 N–H and O–H groups in total. The molecule has 0 aliphatic carbocycles. The van der Waals surface area contributed by atoms with E-state index >= 15 is 0 Å². The van der Waals surface area contributed by atoms with Crippen molar-refractivity contribution >= 4 is 29.1 Å². The zero-order chi connectivity index (χ0) is 16.8. The topological polar surface area (TPSA) is 62.7 Å². The molecule has 3 aromatic rings. The summed E-state index contributed by atoms with van der Waals surface area (Å²) in [7, 11) is 0. The number of hydrogen-bond donors (Lipinski definition) is 2. The van der Waals surface area contributed by atoms with E-state index in [2.05, 4.69) is 25.8 Å². The summed E-state index contributed by atoms with van der Waals surface area (Å²) in [4.78, 5) is 4.44. The van der Waals surface area contributed by atoms with Crippen molar-refractivity contribution < 1.29 is 0 Å². The Labute approximate surface area is 146 Å². The van der Waals surface area contributed by atoms with E-state index < -0.39 is 0 Å². The van der Waals surface area contributed by atoms with Gasteiger partial charge in [-0.3, -0.25) is 0 Å². The van der Waals surface area contributed by atoms with E-state index in [4.69, 9.17) is 11.6 Å². The van der Waals surface area contributed by atoms with Crippen molar-refractivity contribution in [2.75, 3.05) is 17.2 Å². The first-order valence-corrected chi connectivity index (χ1v) is 8.09. The van der Waals surface area contributed by atoms with Gasteiger partial charge in [0, 0.05) is 17.3 Å². The van der Waals surface area contributed by atoms with Gasteiger partial charge in [-0.15, -0.1) is 5.10 Å². The van der Waals surface area contributed by atoms with Crippen molar-refractivity contribution in [3.63, 3.8) is 0 Å². The van der Waals surface area contributed by atoms with Gasteiger partial charge in [-0.05, 0) is 42.7 Å². The number of para-hydroxylation sites is 1. The number of benzene rings is 2. The molecule has 0 fully saturated rings. The van der Waals surface area contributed by atoms with Crippen LogP contribution in [0.2, 0.25) is 5.02 Å². The lowest BCUT2D eigenvalue weighted by molar-refractivity contribution is 0.929. The van der Waals surface area contributed by atoms with Crippen molar-refractivity contribution in [3.8, 4) is 0 Å². The molecule has 3 rings (SSSR count). The van der Waals surface area contributed by atoms with Crippen LogP contribution in [0.25, 0.3) is 0 Å². The summed E-state index contributed by atoms with van der Waals surface area (Å²) in [5, 5.41) is 15.2. The van der Waals surface area contributed by atoms with E-state index in [1.165, 1.54) is 5.56 Å². The normalized spacial score (nSPS) is 10.4. The van der Waals surface area contributed by atoms with Gasteiger partial charge in [0.1, 0.15) is 0 Å². The smallest absolute Gasteiger partial charge is 0.244 e. The number of rotatable bonds is 6. The van der Waals surface area contributed by atoms with Gasteiger partial charge in [0.25, 0.3) is 0 Å². The summed E-state index contributed by atoms with van der Waals surface area (Å²) < 4.78 is 0. The fourth-order valence-electron chi connectivity index (χ4n) is 2.26. The van der Waals surface area contributed by atoms with Crippen LogP contribution in [0.15, 0.2) is 54.7 Å². The molecule has 1 aromatic heterocycles. The number of anilines is 3. The second kappa shape index (κ2) is 7.75. The van der Waals surface area contributed by atoms with Gasteiger partial charge in [-0.2, -0.15) is 10.1 Å². The summed E-state index contributed by atoms with van der Waals surface area (Å²) in [6, 6.07) is 15.8. The number of aromatic nitrogens is 3. The van der Waals surface area contributed by atoms with Gasteiger partial charge in [-0.1, -0.05) is 41.9 Å². The minimum Gasteiger partial charge on any atom is -0.353 e. The van der Waals surface area contributed by atoms with Gasteiger partial charge >= 0.3 is 0 Å². The molecule has 0 bridgehead atoms. The maximum Gasteiger partial charge on any atom is 0.244 e. The quantitative estimate of drug-likeness (QED) is 0.703. The number of hydrogen-bond acceptors (Lipinski definition) is 5. The van der Waals surface area contributed by atoms with Crippen LogP contribution in [-0.4, -0.2) is 21.7 Å². The van der Waals surface area contributed by atoms with Crippen molar-refractivity contribution in [2.24, 2.45) is 0 Å². The molecule has 6 heteroatoms. The Hall–Kier alpha value is -2.66. The third kappa shape index (κ3) is 4.43. The molecule has 0 spiro atoms. The number of halogens is 1. The lowest BCUT2D eigenvalue weighted by atomic mass is 10.1. The monoisotopic (exact) mass is 339 g/mol. The standard InChI is InChI=1S/C18H18ClN5/c1-13-4-2-3-5-16(13)22-17-12-21-24-18(23-17)20-11-10-14-6-8-15(19)9-7-14/h2-9,12H,10-11H2,1H3,(H2,20,22,23,24). The minimum absolute atomic E-state index is 0.502. The first-order valence-electron chi connectivity index (χ1n) is 7.71. The molecule has 0 aliphatic heterocycles. The molecule has 24 heavy (non-hydrogen) atoms. The molecule has 1 heterocycles. The highest BCUT2D eigenvalue weighted by molar-refractivity contribution is 6.30. The first kappa shape index (κ1) is 16.2. The second-order valence-corrected chi connectivity index (χ2v) is 5.84. The van der Waals surface area contributed by atoms with Crippen LogP contribution in [0.5, 0.6) is 0 Å². The SMILES string of the molecule is Cc1ccccc1Nc1cnnc(NCCc2ccc(Cl)cc2)n1. The lowest BCUT2D eigenvalue weighted by Crippen LogP contribution is -2.09. The number of aryl methyl sites for hydroxylation is 1. The molecule has 0 aliphatic rings. The third-order valence-corrected chi connectivity index (χ3v) is 3.83. The molecule has 2 aromatic carbocycles. The zero-order valence-electron chi connectivity index (χ0n) is 13.3. The molecule has 5 nitrogen and oxygen atoms in total. The summed E-state index contributed by atoms with van der Waals surface area (Å²) in [6.45, 7) is 2.76. The molecule has 0 saturated heterocycles. The molecule has 0 amide bonds. The predicted octanol–water partition coefficient (Wildman–Crippen LogP) is 4.23. The minimum atomic E-state index is 0.502. The van der Waals surface area contributed by atoms with Gasteiger partial charge in [0.05, 0.1) is 6.20 Å². The van der Waals surface area contributed by atoms with Crippen LogP contribution in [-0.2, 0) is 6.42 Å². The van der Waals surface area contributed by atoms with Gasteiger partial charge < -0.3 is 10.6 Å². The molecule has 122 valence electrons. The van der Waals surface area contributed by atoms with Crippen LogP contribution < -0.4 is 10.6 Å². The zero-order valence-corrected chi connectivity index (χ0v) is 14.1. The third-order valence-electron chi connectivity index (χ3n) is 3.58. The van der Waals surface area contributed by atoms with Crippen LogP contribution in [0.3, 0.4) is 0 Å². The maximum absolute atomic E-state index is 5.89. The van der Waals surface area contributed by atoms with E-state index in [0.29, 0.717) is 11.8 Å². The van der Waals surface area contributed by atoms with E-state index in [-0.39, 0.29) is 0 Å². The Kier molecular flexibility index (Phi) is 5.23. The van der Waals surface area contributed by atoms with Crippen LogP contribution >= 0.6 is 11.6 Å². The second-order valence-electron chi connectivity index (χ2n) is 5.41. The highest BCUT2D eigenvalue weighted by Crippen LogP contribution is 2.18. The summed E-state index contributed by atoms with van der Waals surface area (Å²) >= 11 is 5.89. The summed E-state index contributed by atoms with van der Waals surface area (Å²) in [6.07, 6.45) is 2.47. The van der Waals surface area contributed by atoms with Crippen LogP contribution in [0.4, 0.5) is 17.5 Å². The summed E-state index contributed by atoms with van der Waals surface area (Å²) in [5.74, 6) is 1.16. The largest absolute Gasteiger partial charge is 0.353 e. The Bertz CT molecular complexity index is 805. The number of nitrogens with one attached hydrogen (secondary N) is 2. The van der Waals surface area contributed by atoms with E-state index in [1.807, 2.05) is 55.5 Å². The van der Waals surface area contributed by atoms with Gasteiger partial charge in [-0.25, -0.2) is 0 Å². The Morgan fingerprint density at radius 1 is 1.04 bits per heavy atom. The van der Waals surface area contributed by atoms with E-state index in [0.717, 1.165) is 29.2 Å². The van der Waals surface area contributed by atoms with Crippen molar-refractivity contribution in [1.29, 1.82) is 0 Å². The molecule has 0 radical (unpaired) electrons. The van der Waals surface area contributed by atoms with Crippen LogP contribution in [0, 0.1) is 6.92 Å². The Morgan fingerprint density at radius 2 is 1.83 bits per heavy atom. The average molecular weight is 340 g/mol. The predicted molar refractivity (Wildman–Crippen MR) is 97.9 cm³/mol. The molecule has 0 saturated carbocycles. The Balaban J connectivity index is 1.59. The van der Waals surface area contributed by atoms with Crippen molar-refractivity contribution in [2.45, 2.75) is 13.3 Å². The fourth-order valence-corrected chi connectivity index (χ4v) is 2.39. The summed E-state index contributed by atoms with van der Waals surface area (Å²) in [5.41, 5.74) is 3.35. The molecule has 0 unspecified atom stereocenters. The molecule has 0 atom stereocenters.